The molecule has 0 aromatic heterocycles. The van der Waals surface area contributed by atoms with Crippen LogP contribution in [0, 0.1) is 28.6 Å². The van der Waals surface area contributed by atoms with Crippen molar-refractivity contribution in [1.82, 2.24) is 0 Å². The number of aliphatic imine (C=N–C) groups is 1. The SMILES string of the molecule is C=C1/C(=C\C=C2/CCC[C@]3(C)[C@@H]([C@H](C)/C=C/[C@@H](O)C4(C5=NC(C)(C)CO5)CC4)CC[C@@H]23)C[C@@H](O[S+](C)C(C)(C)C)C[C@@H]1[O-]. The molecule has 1 heterocycles. The van der Waals surface area contributed by atoms with E-state index in [1.54, 1.807) is 5.57 Å². The highest BCUT2D eigenvalue weighted by molar-refractivity contribution is 7.93. The van der Waals surface area contributed by atoms with Crippen molar-refractivity contribution in [2.24, 2.45) is 33.6 Å². The molecule has 5 rings (SSSR count). The van der Waals surface area contributed by atoms with Crippen LogP contribution in [0.4, 0.5) is 0 Å². The number of hydrogen-bond acceptors (Lipinski definition) is 5. The normalized spacial score (nSPS) is 37.7. The molecule has 1 aliphatic heterocycles. The minimum atomic E-state index is -0.788. The Morgan fingerprint density at radius 3 is 2.49 bits per heavy atom. The summed E-state index contributed by atoms with van der Waals surface area (Å²) < 4.78 is 12.4. The molecule has 0 saturated heterocycles. The van der Waals surface area contributed by atoms with Gasteiger partial charge in [-0.1, -0.05) is 62.0 Å². The largest absolute Gasteiger partial charge is 0.848 e. The Balaban J connectivity index is 1.26. The van der Waals surface area contributed by atoms with Gasteiger partial charge in [0.15, 0.2) is 10.6 Å². The maximum absolute atomic E-state index is 12.9. The highest BCUT2D eigenvalue weighted by Gasteiger charge is 2.56. The molecule has 240 valence electrons. The second-order valence-electron chi connectivity index (χ2n) is 16.1. The fourth-order valence-corrected chi connectivity index (χ4v) is 9.05. The number of rotatable bonds is 8. The van der Waals surface area contributed by atoms with E-state index >= 15 is 0 Å². The quantitative estimate of drug-likeness (QED) is 0.236. The first-order valence-corrected chi connectivity index (χ1v) is 18.3. The molecule has 0 spiro atoms. The van der Waals surface area contributed by atoms with Crippen LogP contribution in [0.15, 0.2) is 52.6 Å². The summed E-state index contributed by atoms with van der Waals surface area (Å²) in [4.78, 5) is 4.80. The average molecular weight is 612 g/mol. The average Bonchev–Trinajstić information content (AvgIpc) is 3.54. The molecule has 4 fully saturated rings. The lowest BCUT2D eigenvalue weighted by Crippen LogP contribution is -2.41. The van der Waals surface area contributed by atoms with Crippen molar-refractivity contribution in [2.45, 2.75) is 135 Å². The van der Waals surface area contributed by atoms with Crippen LogP contribution in [0.3, 0.4) is 0 Å². The molecule has 0 aromatic carbocycles. The van der Waals surface area contributed by atoms with E-state index in [1.165, 1.54) is 25.7 Å². The van der Waals surface area contributed by atoms with E-state index in [2.05, 4.69) is 79.5 Å². The molecule has 0 radical (unpaired) electrons. The Labute approximate surface area is 264 Å². The minimum Gasteiger partial charge on any atom is -0.848 e. The number of ether oxygens (including phenoxy) is 1. The number of allylic oxidation sites excluding steroid dienone is 4. The van der Waals surface area contributed by atoms with E-state index in [-0.39, 0.29) is 38.4 Å². The summed E-state index contributed by atoms with van der Waals surface area (Å²) in [6, 6.07) is 0. The van der Waals surface area contributed by atoms with Gasteiger partial charge in [0.05, 0.1) is 17.1 Å². The second-order valence-corrected chi connectivity index (χ2v) is 18.5. The number of aliphatic hydroxyl groups is 1. The molecule has 0 bridgehead atoms. The van der Waals surface area contributed by atoms with Crippen LogP contribution in [0.2, 0.25) is 0 Å². The Hall–Kier alpha value is -1.34. The number of aliphatic hydroxyl groups excluding tert-OH is 1. The van der Waals surface area contributed by atoms with Gasteiger partial charge >= 0.3 is 0 Å². The maximum atomic E-state index is 12.9. The molecule has 1 unspecified atom stereocenters. The van der Waals surface area contributed by atoms with Gasteiger partial charge in [-0.25, -0.2) is 4.99 Å². The summed E-state index contributed by atoms with van der Waals surface area (Å²) in [6.45, 7) is 20.4. The van der Waals surface area contributed by atoms with Crippen LogP contribution < -0.4 is 5.11 Å². The zero-order valence-corrected chi connectivity index (χ0v) is 28.9. The van der Waals surface area contributed by atoms with E-state index in [9.17, 15) is 10.2 Å². The fraction of sp³-hybridized carbons (Fsp3) is 0.757. The molecule has 0 amide bonds. The fourth-order valence-electron chi connectivity index (χ4n) is 8.20. The smallest absolute Gasteiger partial charge is 0.193 e. The van der Waals surface area contributed by atoms with Crippen LogP contribution in [0.5, 0.6) is 0 Å². The summed E-state index contributed by atoms with van der Waals surface area (Å²) in [6.07, 6.45) is 18.9. The van der Waals surface area contributed by atoms with Crippen LogP contribution in [-0.4, -0.2) is 52.5 Å². The van der Waals surface area contributed by atoms with Crippen LogP contribution in [0.1, 0.15) is 106 Å². The monoisotopic (exact) mass is 611 g/mol. The summed E-state index contributed by atoms with van der Waals surface area (Å²) in [5.41, 5.74) is 3.10. The molecule has 8 atom stereocenters. The zero-order chi connectivity index (χ0) is 31.4. The Morgan fingerprint density at radius 1 is 1.14 bits per heavy atom. The number of nitrogens with zero attached hydrogens (tertiary/aromatic N) is 1. The summed E-state index contributed by atoms with van der Waals surface area (Å²) in [7, 11) is 0. The van der Waals surface area contributed by atoms with Crippen molar-refractivity contribution in [2.75, 3.05) is 12.9 Å². The molecule has 4 aliphatic carbocycles. The number of fused-ring (bicyclic) bond motifs is 1. The van der Waals surface area contributed by atoms with Crippen molar-refractivity contribution in [3.8, 4) is 0 Å². The van der Waals surface area contributed by atoms with E-state index in [0.29, 0.717) is 30.8 Å². The Bertz CT molecular complexity index is 1190. The van der Waals surface area contributed by atoms with E-state index in [4.69, 9.17) is 13.9 Å². The highest BCUT2D eigenvalue weighted by Crippen LogP contribution is 2.60. The van der Waals surface area contributed by atoms with Crippen LogP contribution in [0.25, 0.3) is 0 Å². The van der Waals surface area contributed by atoms with Crippen LogP contribution in [-0.2, 0) is 20.1 Å². The molecule has 6 heteroatoms. The standard InChI is InChI=1S/C37H57NO4S/c1-24(12-17-32(40)37(19-20-37)33-38-35(6,7)23-41-33)29-15-16-30-26(11-10-18-36(29,30)8)13-14-27-21-28(22-31(39)25(27)2)42-43(9)34(3,4)5/h12-14,17,24,28-32,40H,2,10-11,15-16,18-23H2,1,3-9H3/b17-12+,26-13+,27-14-/t24-,28-,29-,30+,31+,32-,36-,43?/m1/s1. The first-order chi connectivity index (χ1) is 20.1. The molecule has 43 heavy (non-hydrogen) atoms. The molecule has 5 aliphatic rings. The first kappa shape index (κ1) is 33.0. The van der Waals surface area contributed by atoms with Crippen molar-refractivity contribution >= 4 is 17.1 Å². The molecule has 0 aromatic rings. The van der Waals surface area contributed by atoms with Crippen molar-refractivity contribution < 1.29 is 19.1 Å². The molecular formula is C37H57NO4S. The van der Waals surface area contributed by atoms with Gasteiger partial charge in [0.2, 0.25) is 0 Å². The summed E-state index contributed by atoms with van der Waals surface area (Å²) >= 11 is -0.207. The van der Waals surface area contributed by atoms with Crippen molar-refractivity contribution in [3.05, 3.63) is 47.6 Å². The molecule has 4 saturated carbocycles. The van der Waals surface area contributed by atoms with E-state index < -0.39 is 12.2 Å². The summed E-state index contributed by atoms with van der Waals surface area (Å²) in [5, 5.41) is 24.2. The maximum Gasteiger partial charge on any atom is 0.193 e. The lowest BCUT2D eigenvalue weighted by molar-refractivity contribution is -0.411. The van der Waals surface area contributed by atoms with Gasteiger partial charge in [-0.2, -0.15) is 4.18 Å². The number of hydrogen-bond donors (Lipinski definition) is 1. The third kappa shape index (κ3) is 6.78. The minimum absolute atomic E-state index is 0.0331. The lowest BCUT2D eigenvalue weighted by atomic mass is 9.61. The van der Waals surface area contributed by atoms with Crippen LogP contribution >= 0.6 is 0 Å². The third-order valence-electron chi connectivity index (χ3n) is 11.4. The predicted molar refractivity (Wildman–Crippen MR) is 178 cm³/mol. The van der Waals surface area contributed by atoms with Gasteiger partial charge in [-0.05, 0) is 115 Å². The van der Waals surface area contributed by atoms with Gasteiger partial charge in [-0.3, -0.25) is 0 Å². The van der Waals surface area contributed by atoms with E-state index in [1.807, 2.05) is 6.08 Å². The zero-order valence-electron chi connectivity index (χ0n) is 28.1. The van der Waals surface area contributed by atoms with Gasteiger partial charge in [0, 0.05) is 6.42 Å². The highest BCUT2D eigenvalue weighted by atomic mass is 32.2. The Kier molecular flexibility index (Phi) is 9.31. The van der Waals surface area contributed by atoms with E-state index in [0.717, 1.165) is 42.7 Å². The summed E-state index contributed by atoms with van der Waals surface area (Å²) in [5.74, 6) is 2.30. The lowest BCUT2D eigenvalue weighted by Gasteiger charge is -2.44. The van der Waals surface area contributed by atoms with Crippen molar-refractivity contribution in [1.29, 1.82) is 0 Å². The molecular weight excluding hydrogens is 554 g/mol. The van der Waals surface area contributed by atoms with Crippen molar-refractivity contribution in [3.63, 3.8) is 0 Å². The second kappa shape index (κ2) is 12.1. The first-order valence-electron chi connectivity index (χ1n) is 16.7. The van der Waals surface area contributed by atoms with Gasteiger partial charge in [-0.15, -0.1) is 0 Å². The van der Waals surface area contributed by atoms with Gasteiger partial charge in [0.1, 0.15) is 30.1 Å². The molecule has 5 nitrogen and oxygen atoms in total. The Morgan fingerprint density at radius 2 is 1.86 bits per heavy atom. The van der Waals surface area contributed by atoms with Gasteiger partial charge in [0.25, 0.3) is 0 Å². The van der Waals surface area contributed by atoms with Gasteiger partial charge < -0.3 is 14.9 Å². The predicted octanol–water partition coefficient (Wildman–Crippen LogP) is 7.02. The topological polar surface area (TPSA) is 74.1 Å². The molecule has 1 N–H and O–H groups in total. The third-order valence-corrected chi connectivity index (χ3v) is 13.7.